The van der Waals surface area contributed by atoms with E-state index in [2.05, 4.69) is 20.8 Å². The number of oxime groups is 1. The molecule has 33 heavy (non-hydrogen) atoms. The number of para-hydroxylation sites is 1. The Bertz CT molecular complexity index is 1040. The minimum atomic E-state index is -1.26. The Hall–Kier alpha value is -3.58. The Balaban J connectivity index is 2.02. The van der Waals surface area contributed by atoms with Gasteiger partial charge in [-0.1, -0.05) is 23.4 Å². The SMILES string of the molecule is N[C@@H](CCC(=O)N[C@@H](CS/C(Cc1c[nH]c2ccccc12)=N/O)C(=O)NCC(=O)O)C(=O)O. The third kappa shape index (κ3) is 8.12. The molecule has 2 amide bonds. The van der Waals surface area contributed by atoms with Crippen molar-refractivity contribution < 1.29 is 34.6 Å². The first-order chi connectivity index (χ1) is 15.7. The van der Waals surface area contributed by atoms with Gasteiger partial charge in [-0.2, -0.15) is 0 Å². The number of carbonyl (C=O) groups excluding carboxylic acids is 2. The number of hydrogen-bond donors (Lipinski definition) is 7. The van der Waals surface area contributed by atoms with Gasteiger partial charge in [-0.05, 0) is 18.1 Å². The molecule has 0 aliphatic carbocycles. The van der Waals surface area contributed by atoms with Crippen LogP contribution in [0.5, 0.6) is 0 Å². The Morgan fingerprint density at radius 3 is 2.58 bits per heavy atom. The van der Waals surface area contributed by atoms with Crippen LogP contribution in [-0.4, -0.2) is 73.6 Å². The number of rotatable bonds is 12. The molecule has 0 aliphatic heterocycles. The highest BCUT2D eigenvalue weighted by atomic mass is 32.2. The highest BCUT2D eigenvalue weighted by molar-refractivity contribution is 8.14. The van der Waals surface area contributed by atoms with E-state index in [0.717, 1.165) is 28.2 Å². The van der Waals surface area contributed by atoms with Crippen molar-refractivity contribution in [3.05, 3.63) is 36.0 Å². The standard InChI is InChI=1S/C20H25N5O7S/c21-13(20(30)31)5-6-16(26)24-15(19(29)23-9-18(27)28)10-33-17(25-32)7-11-8-22-14-4-2-1-3-12(11)14/h1-4,8,13,15,22,32H,5-7,9-10,21H2,(H,23,29)(H,24,26)(H,27,28)(H,30,31)/b25-17+/t13-,15-/m0/s1. The number of aromatic amines is 1. The van der Waals surface area contributed by atoms with Gasteiger partial charge < -0.3 is 36.8 Å². The van der Waals surface area contributed by atoms with E-state index in [0.29, 0.717) is 0 Å². The second-order valence-electron chi connectivity index (χ2n) is 7.06. The molecule has 2 rings (SSSR count). The molecular weight excluding hydrogens is 454 g/mol. The summed E-state index contributed by atoms with van der Waals surface area (Å²) in [5, 5.41) is 36.1. The van der Waals surface area contributed by atoms with Crippen LogP contribution in [0.2, 0.25) is 0 Å². The third-order valence-corrected chi connectivity index (χ3v) is 5.67. The molecule has 2 atom stereocenters. The highest BCUT2D eigenvalue weighted by Crippen LogP contribution is 2.21. The topological polar surface area (TPSA) is 207 Å². The fraction of sp³-hybridized carbons (Fsp3) is 0.350. The van der Waals surface area contributed by atoms with Crippen molar-refractivity contribution in [3.8, 4) is 0 Å². The normalized spacial score (nSPS) is 13.3. The number of aliphatic carboxylic acids is 2. The number of amides is 2. The van der Waals surface area contributed by atoms with E-state index in [1.54, 1.807) is 6.20 Å². The lowest BCUT2D eigenvalue weighted by molar-refractivity contribution is -0.139. The lowest BCUT2D eigenvalue weighted by atomic mass is 10.1. The minimum Gasteiger partial charge on any atom is -0.480 e. The van der Waals surface area contributed by atoms with Gasteiger partial charge in [0.2, 0.25) is 11.8 Å². The average Bonchev–Trinajstić information content (AvgIpc) is 3.20. The maximum atomic E-state index is 12.4. The van der Waals surface area contributed by atoms with Crippen molar-refractivity contribution in [2.24, 2.45) is 10.9 Å². The van der Waals surface area contributed by atoms with Crippen LogP contribution in [0.1, 0.15) is 18.4 Å². The van der Waals surface area contributed by atoms with Crippen LogP contribution in [0.3, 0.4) is 0 Å². The number of nitrogens with two attached hydrogens (primary N) is 1. The van der Waals surface area contributed by atoms with Gasteiger partial charge in [0.1, 0.15) is 23.7 Å². The molecule has 0 radical (unpaired) electrons. The molecule has 0 unspecified atom stereocenters. The minimum absolute atomic E-state index is 0.0517. The summed E-state index contributed by atoms with van der Waals surface area (Å²) in [5.74, 6) is -3.93. The number of thioether (sulfide) groups is 1. The van der Waals surface area contributed by atoms with Gasteiger partial charge in [-0.15, -0.1) is 11.8 Å². The molecule has 0 fully saturated rings. The lowest BCUT2D eigenvalue weighted by Crippen LogP contribution is -2.49. The van der Waals surface area contributed by atoms with Crippen molar-refractivity contribution in [1.29, 1.82) is 0 Å². The van der Waals surface area contributed by atoms with Crippen molar-refractivity contribution in [1.82, 2.24) is 15.6 Å². The first-order valence-electron chi connectivity index (χ1n) is 9.87. The van der Waals surface area contributed by atoms with E-state index in [-0.39, 0.29) is 30.1 Å². The summed E-state index contributed by atoms with van der Waals surface area (Å²) in [7, 11) is 0. The van der Waals surface area contributed by atoms with E-state index < -0.39 is 42.4 Å². The van der Waals surface area contributed by atoms with E-state index in [4.69, 9.17) is 15.9 Å². The number of carbonyl (C=O) groups is 4. The van der Waals surface area contributed by atoms with Crippen molar-refractivity contribution in [3.63, 3.8) is 0 Å². The summed E-state index contributed by atoms with van der Waals surface area (Å²) in [6, 6.07) is 5.18. The largest absolute Gasteiger partial charge is 0.480 e. The molecule has 0 saturated heterocycles. The van der Waals surface area contributed by atoms with Crippen LogP contribution in [0, 0.1) is 0 Å². The number of carboxylic acid groups (broad SMARTS) is 2. The molecule has 1 heterocycles. The summed E-state index contributed by atoms with van der Waals surface area (Å²) in [6.07, 6.45) is 1.66. The third-order valence-electron chi connectivity index (χ3n) is 4.61. The molecule has 8 N–H and O–H groups in total. The number of fused-ring (bicyclic) bond motifs is 1. The summed E-state index contributed by atoms with van der Waals surface area (Å²) >= 11 is 1.01. The number of aromatic nitrogens is 1. The summed E-state index contributed by atoms with van der Waals surface area (Å²) in [5.41, 5.74) is 7.16. The predicted octanol–water partition coefficient (Wildman–Crippen LogP) is 0.109. The lowest BCUT2D eigenvalue weighted by Gasteiger charge is -2.18. The number of benzene rings is 1. The van der Waals surface area contributed by atoms with Gasteiger partial charge >= 0.3 is 11.9 Å². The first-order valence-corrected chi connectivity index (χ1v) is 10.9. The van der Waals surface area contributed by atoms with Gasteiger partial charge in [0.25, 0.3) is 0 Å². The zero-order chi connectivity index (χ0) is 24.4. The van der Waals surface area contributed by atoms with Gasteiger partial charge in [-0.25, -0.2) is 0 Å². The second kappa shape index (κ2) is 12.5. The summed E-state index contributed by atoms with van der Waals surface area (Å²) in [4.78, 5) is 49.2. The maximum absolute atomic E-state index is 12.4. The van der Waals surface area contributed by atoms with E-state index >= 15 is 0 Å². The predicted molar refractivity (Wildman–Crippen MR) is 121 cm³/mol. The van der Waals surface area contributed by atoms with E-state index in [1.165, 1.54) is 0 Å². The van der Waals surface area contributed by atoms with Gasteiger partial charge in [0.05, 0.1) is 0 Å². The summed E-state index contributed by atoms with van der Waals surface area (Å²) in [6.45, 7) is -0.643. The van der Waals surface area contributed by atoms with Crippen molar-refractivity contribution in [2.75, 3.05) is 12.3 Å². The number of nitrogens with zero attached hydrogens (tertiary/aromatic N) is 1. The molecule has 0 saturated carbocycles. The molecule has 1 aromatic carbocycles. The van der Waals surface area contributed by atoms with Crippen LogP contribution < -0.4 is 16.4 Å². The van der Waals surface area contributed by atoms with Crippen LogP contribution in [0.15, 0.2) is 35.6 Å². The molecule has 0 spiro atoms. The number of hydrogen-bond acceptors (Lipinski definition) is 8. The highest BCUT2D eigenvalue weighted by Gasteiger charge is 2.23. The Morgan fingerprint density at radius 2 is 1.91 bits per heavy atom. The van der Waals surface area contributed by atoms with Crippen molar-refractivity contribution >= 4 is 51.5 Å². The Morgan fingerprint density at radius 1 is 1.18 bits per heavy atom. The second-order valence-corrected chi connectivity index (χ2v) is 8.15. The van der Waals surface area contributed by atoms with Crippen LogP contribution in [0.4, 0.5) is 0 Å². The monoisotopic (exact) mass is 479 g/mol. The zero-order valence-corrected chi connectivity index (χ0v) is 18.3. The zero-order valence-electron chi connectivity index (χ0n) is 17.5. The quantitative estimate of drug-likeness (QED) is 0.0952. The Labute approximate surface area is 192 Å². The maximum Gasteiger partial charge on any atom is 0.322 e. The molecule has 178 valence electrons. The van der Waals surface area contributed by atoms with E-state index in [9.17, 15) is 24.4 Å². The molecule has 12 nitrogen and oxygen atoms in total. The fourth-order valence-corrected chi connectivity index (χ4v) is 3.79. The molecule has 13 heteroatoms. The number of H-pyrrole nitrogens is 1. The Kier molecular flexibility index (Phi) is 9.69. The molecule has 0 aliphatic rings. The molecule has 2 aromatic rings. The van der Waals surface area contributed by atoms with E-state index in [1.807, 2.05) is 24.3 Å². The first kappa shape index (κ1) is 25.7. The molecular formula is C20H25N5O7S. The smallest absolute Gasteiger partial charge is 0.322 e. The number of carboxylic acids is 2. The average molecular weight is 480 g/mol. The van der Waals surface area contributed by atoms with Gasteiger partial charge in [0.15, 0.2) is 0 Å². The van der Waals surface area contributed by atoms with Crippen molar-refractivity contribution in [2.45, 2.75) is 31.3 Å². The van der Waals surface area contributed by atoms with Crippen LogP contribution in [-0.2, 0) is 25.6 Å². The van der Waals surface area contributed by atoms with Crippen LogP contribution in [0.25, 0.3) is 10.9 Å². The fourth-order valence-electron chi connectivity index (χ4n) is 2.88. The van der Waals surface area contributed by atoms with Gasteiger partial charge in [-0.3, -0.25) is 19.2 Å². The molecule has 1 aromatic heterocycles. The number of nitrogens with one attached hydrogen (secondary N) is 3. The molecule has 0 bridgehead atoms. The summed E-state index contributed by atoms with van der Waals surface area (Å²) < 4.78 is 0. The van der Waals surface area contributed by atoms with Crippen LogP contribution >= 0.6 is 11.8 Å². The van der Waals surface area contributed by atoms with Gasteiger partial charge in [0, 0.05) is 35.7 Å².